The summed E-state index contributed by atoms with van der Waals surface area (Å²) in [6.07, 6.45) is 5.35. The minimum Gasteiger partial charge on any atom is -0.372 e. The fourth-order valence-corrected chi connectivity index (χ4v) is 4.20. The average Bonchev–Trinajstić information content (AvgIpc) is 2.90. The van der Waals surface area contributed by atoms with E-state index in [9.17, 15) is 14.4 Å². The lowest BCUT2D eigenvalue weighted by molar-refractivity contribution is -0.135. The van der Waals surface area contributed by atoms with Crippen molar-refractivity contribution in [2.75, 3.05) is 32.7 Å². The summed E-state index contributed by atoms with van der Waals surface area (Å²) in [7, 11) is 0. The van der Waals surface area contributed by atoms with Crippen molar-refractivity contribution < 1.29 is 14.4 Å². The highest BCUT2D eigenvalue weighted by molar-refractivity contribution is 6.03. The lowest BCUT2D eigenvalue weighted by atomic mass is 9.82. The van der Waals surface area contributed by atoms with Gasteiger partial charge in [0, 0.05) is 31.4 Å². The van der Waals surface area contributed by atoms with Crippen molar-refractivity contribution in [3.8, 4) is 0 Å². The first kappa shape index (κ1) is 20.3. The number of allylic oxidation sites excluding steroid dienone is 1. The third-order valence-electron chi connectivity index (χ3n) is 5.60. The third kappa shape index (κ3) is 4.19. The zero-order valence-electron chi connectivity index (χ0n) is 15.0. The lowest BCUT2D eigenvalue weighted by Gasteiger charge is -2.49. The molecule has 1 N–H and O–H groups in total. The number of nitrogens with one attached hydrogen (secondary N) is 1. The fourth-order valence-electron chi connectivity index (χ4n) is 4.20. The number of likely N-dealkylation sites (tertiary alicyclic amines) is 2. The summed E-state index contributed by atoms with van der Waals surface area (Å²) in [5.74, 6) is 0.0655. The van der Waals surface area contributed by atoms with Crippen molar-refractivity contribution in [1.82, 2.24) is 20.0 Å². The molecule has 26 heavy (non-hydrogen) atoms. The van der Waals surface area contributed by atoms with Crippen LogP contribution in [0.1, 0.15) is 46.5 Å². The quantitative estimate of drug-likeness (QED) is 0.755. The highest BCUT2D eigenvalue weighted by atomic mass is 16.2. The maximum Gasteiger partial charge on any atom is 0.325 e. The van der Waals surface area contributed by atoms with E-state index in [1.807, 2.05) is 4.90 Å². The van der Waals surface area contributed by atoms with Crippen molar-refractivity contribution in [1.29, 1.82) is 0 Å². The van der Waals surface area contributed by atoms with Crippen molar-refractivity contribution in [3.63, 3.8) is 0 Å². The van der Waals surface area contributed by atoms with Crippen LogP contribution in [0.25, 0.3) is 0 Å². The molecule has 0 aromatic rings. The summed E-state index contributed by atoms with van der Waals surface area (Å²) in [4.78, 5) is 41.0. The molecule has 7 heteroatoms. The van der Waals surface area contributed by atoms with Gasteiger partial charge in [-0.3, -0.25) is 14.9 Å². The van der Waals surface area contributed by atoms with Crippen LogP contribution in [0.5, 0.6) is 0 Å². The number of urea groups is 1. The third-order valence-corrected chi connectivity index (χ3v) is 5.60. The maximum absolute atomic E-state index is 12.6. The van der Waals surface area contributed by atoms with Gasteiger partial charge in [0.1, 0.15) is 13.1 Å². The van der Waals surface area contributed by atoms with Crippen molar-refractivity contribution in [2.24, 2.45) is 5.92 Å². The molecule has 0 bridgehead atoms. The monoisotopic (exact) mass is 364 g/mol. The topological polar surface area (TPSA) is 73.0 Å². The summed E-state index contributed by atoms with van der Waals surface area (Å²) >= 11 is 0. The van der Waals surface area contributed by atoms with Gasteiger partial charge in [0.25, 0.3) is 0 Å². The molecule has 4 amide bonds. The van der Waals surface area contributed by atoms with Gasteiger partial charge < -0.3 is 14.7 Å². The molecule has 0 unspecified atom stereocenters. The molecule has 0 spiro atoms. The van der Waals surface area contributed by atoms with Crippen LogP contribution in [0.15, 0.2) is 12.3 Å². The van der Waals surface area contributed by atoms with Crippen LogP contribution in [0.2, 0.25) is 0 Å². The molecular weight excluding hydrogens is 332 g/mol. The number of imide groups is 1. The normalized spacial score (nSPS) is 25.7. The Morgan fingerprint density at radius 2 is 2.08 bits per heavy atom. The molecular formula is C19H32N4O3. The van der Waals surface area contributed by atoms with E-state index in [0.29, 0.717) is 18.5 Å². The molecule has 2 atom stereocenters. The molecule has 3 saturated heterocycles. The van der Waals surface area contributed by atoms with Gasteiger partial charge >= 0.3 is 6.03 Å². The highest BCUT2D eigenvalue weighted by Gasteiger charge is 2.39. The van der Waals surface area contributed by atoms with Gasteiger partial charge in [-0.25, -0.2) is 4.79 Å². The Morgan fingerprint density at radius 3 is 2.73 bits per heavy atom. The van der Waals surface area contributed by atoms with Crippen LogP contribution >= 0.6 is 0 Å². The predicted molar refractivity (Wildman–Crippen MR) is 100 cm³/mol. The molecule has 3 heterocycles. The number of amides is 4. The van der Waals surface area contributed by atoms with Crippen LogP contribution in [0.4, 0.5) is 4.79 Å². The molecule has 146 valence electrons. The maximum atomic E-state index is 12.6. The molecule has 0 aliphatic carbocycles. The van der Waals surface area contributed by atoms with E-state index >= 15 is 0 Å². The molecule has 0 aromatic heterocycles. The van der Waals surface area contributed by atoms with E-state index in [1.54, 1.807) is 0 Å². The Hall–Kier alpha value is -2.05. The Labute approximate surface area is 156 Å². The number of piperidine rings is 2. The van der Waals surface area contributed by atoms with Crippen LogP contribution in [0, 0.1) is 5.92 Å². The predicted octanol–water partition coefficient (Wildman–Crippen LogP) is 1.80. The van der Waals surface area contributed by atoms with E-state index in [4.69, 9.17) is 0 Å². The summed E-state index contributed by atoms with van der Waals surface area (Å²) in [5, 5.41) is 2.21. The number of hydrogen-bond donors (Lipinski definition) is 1. The zero-order valence-corrected chi connectivity index (χ0v) is 15.0. The molecule has 3 rings (SSSR count). The summed E-state index contributed by atoms with van der Waals surface area (Å²) < 4.78 is 0. The smallest absolute Gasteiger partial charge is 0.325 e. The first-order valence-electron chi connectivity index (χ1n) is 9.30. The van der Waals surface area contributed by atoms with Crippen molar-refractivity contribution in [3.05, 3.63) is 12.3 Å². The van der Waals surface area contributed by atoms with Gasteiger partial charge in [-0.15, -0.1) is 0 Å². The largest absolute Gasteiger partial charge is 0.372 e. The minimum absolute atomic E-state index is 0. The highest BCUT2D eigenvalue weighted by Crippen LogP contribution is 2.35. The van der Waals surface area contributed by atoms with Crippen molar-refractivity contribution in [2.45, 2.75) is 52.5 Å². The SMILES string of the molecule is C.C=C1CC[C@@H]2CN(C(=O)CN3CC(=O)NC3=O)CC[C@@H]2N1CCCC. The van der Waals surface area contributed by atoms with E-state index in [-0.39, 0.29) is 32.3 Å². The zero-order chi connectivity index (χ0) is 18.0. The van der Waals surface area contributed by atoms with Crippen LogP contribution in [-0.4, -0.2) is 71.3 Å². The Morgan fingerprint density at radius 1 is 1.31 bits per heavy atom. The average molecular weight is 364 g/mol. The van der Waals surface area contributed by atoms with E-state index in [1.165, 1.54) is 23.4 Å². The first-order valence-corrected chi connectivity index (χ1v) is 9.30. The number of carbonyl (C=O) groups is 3. The molecule has 3 aliphatic rings. The van der Waals surface area contributed by atoms with Gasteiger partial charge in [0.2, 0.25) is 11.8 Å². The lowest BCUT2D eigenvalue weighted by Crippen LogP contribution is -2.55. The second kappa shape index (κ2) is 8.56. The number of unbranched alkanes of at least 4 members (excludes halogenated alkanes) is 1. The number of fused-ring (bicyclic) bond motifs is 1. The molecule has 0 radical (unpaired) electrons. The van der Waals surface area contributed by atoms with Gasteiger partial charge in [-0.2, -0.15) is 0 Å². The number of rotatable bonds is 5. The van der Waals surface area contributed by atoms with Gasteiger partial charge in [-0.05, 0) is 31.6 Å². The first-order chi connectivity index (χ1) is 12.0. The van der Waals surface area contributed by atoms with Crippen LogP contribution in [-0.2, 0) is 9.59 Å². The minimum atomic E-state index is -0.465. The Kier molecular flexibility index (Phi) is 6.67. The molecule has 3 aliphatic heterocycles. The Bertz CT molecular complexity index is 577. The molecule has 7 nitrogen and oxygen atoms in total. The summed E-state index contributed by atoms with van der Waals surface area (Å²) in [5.41, 5.74) is 1.24. The molecule has 0 saturated carbocycles. The van der Waals surface area contributed by atoms with E-state index in [0.717, 1.165) is 32.4 Å². The number of nitrogens with zero attached hydrogens (tertiary/aromatic N) is 3. The van der Waals surface area contributed by atoms with Crippen molar-refractivity contribution >= 4 is 17.8 Å². The van der Waals surface area contributed by atoms with E-state index < -0.39 is 6.03 Å². The van der Waals surface area contributed by atoms with E-state index in [2.05, 4.69) is 23.7 Å². The molecule has 3 fully saturated rings. The van der Waals surface area contributed by atoms with Gasteiger partial charge in [-0.1, -0.05) is 27.4 Å². The molecule has 0 aromatic carbocycles. The number of hydrogen-bond acceptors (Lipinski definition) is 4. The Balaban J connectivity index is 0.00000243. The standard InChI is InChI=1S/C18H28N4O3.CH4/c1-3-4-8-22-13(2)5-6-14-10-20(9-7-15(14)22)17(24)12-21-11-16(23)19-18(21)25;/h14-15H,2-12H2,1H3,(H,19,23,25);1H4/t14-,15+;/m1./s1. The summed E-state index contributed by atoms with van der Waals surface area (Å²) in [6.45, 7) is 8.91. The van der Waals surface area contributed by atoms with Crippen LogP contribution in [0.3, 0.4) is 0 Å². The van der Waals surface area contributed by atoms with Crippen LogP contribution < -0.4 is 5.32 Å². The second-order valence-corrected chi connectivity index (χ2v) is 7.32. The summed E-state index contributed by atoms with van der Waals surface area (Å²) in [6, 6.07) is 0.0152. The number of carbonyl (C=O) groups excluding carboxylic acids is 3. The second-order valence-electron chi connectivity index (χ2n) is 7.32. The van der Waals surface area contributed by atoms with Gasteiger partial charge in [0.05, 0.1) is 0 Å². The fraction of sp³-hybridized carbons (Fsp3) is 0.737. The van der Waals surface area contributed by atoms with Gasteiger partial charge in [0.15, 0.2) is 0 Å².